The van der Waals surface area contributed by atoms with Gasteiger partial charge >= 0.3 is 0 Å². The van der Waals surface area contributed by atoms with Crippen molar-refractivity contribution in [2.75, 3.05) is 6.54 Å². The Bertz CT molecular complexity index is 658. The molecule has 2 aromatic rings. The number of hydrogen-bond acceptors (Lipinski definition) is 1. The molecule has 0 radical (unpaired) electrons. The van der Waals surface area contributed by atoms with Crippen LogP contribution in [0.3, 0.4) is 0 Å². The second-order valence-electron chi connectivity index (χ2n) is 4.78. The number of aryl methyl sites for hydroxylation is 1. The highest BCUT2D eigenvalue weighted by Crippen LogP contribution is 2.29. The average molecular weight is 358 g/mol. The molecule has 0 heterocycles. The molecule has 2 rings (SSSR count). The summed E-state index contributed by atoms with van der Waals surface area (Å²) in [5, 5.41) is 3.12. The van der Waals surface area contributed by atoms with Gasteiger partial charge in [0.25, 0.3) is 0 Å². The number of benzene rings is 2. The summed E-state index contributed by atoms with van der Waals surface area (Å²) in [6.45, 7) is 4.33. The molecule has 1 atom stereocenters. The Morgan fingerprint density at radius 3 is 2.29 bits per heavy atom. The van der Waals surface area contributed by atoms with Gasteiger partial charge in [0, 0.05) is 16.1 Å². The first kappa shape index (κ1) is 16.0. The standard InChI is InChI=1S/C16H15BrF3N/c1-3-21-16(11-5-4-10(17)6-9(11)2)12-7-14(19)15(20)8-13(12)18/h4-8,16,21H,3H2,1-2H3. The molecule has 1 N–H and O–H groups in total. The van der Waals surface area contributed by atoms with Crippen molar-refractivity contribution in [2.24, 2.45) is 0 Å². The monoisotopic (exact) mass is 357 g/mol. The van der Waals surface area contributed by atoms with Gasteiger partial charge in [0.15, 0.2) is 11.6 Å². The number of halogens is 4. The van der Waals surface area contributed by atoms with Crippen LogP contribution in [-0.2, 0) is 0 Å². The minimum Gasteiger partial charge on any atom is -0.306 e. The van der Waals surface area contributed by atoms with Gasteiger partial charge in [-0.05, 0) is 42.8 Å². The van der Waals surface area contributed by atoms with Crippen molar-refractivity contribution in [3.8, 4) is 0 Å². The van der Waals surface area contributed by atoms with Crippen LogP contribution >= 0.6 is 15.9 Å². The first-order valence-corrected chi connectivity index (χ1v) is 7.37. The van der Waals surface area contributed by atoms with E-state index in [0.29, 0.717) is 12.6 Å². The first-order valence-electron chi connectivity index (χ1n) is 6.58. The van der Waals surface area contributed by atoms with Gasteiger partial charge in [-0.2, -0.15) is 0 Å². The Kier molecular flexibility index (Phi) is 5.06. The Morgan fingerprint density at radius 2 is 1.67 bits per heavy atom. The second-order valence-corrected chi connectivity index (χ2v) is 5.70. The molecular weight excluding hydrogens is 343 g/mol. The van der Waals surface area contributed by atoms with E-state index in [0.717, 1.165) is 21.7 Å². The van der Waals surface area contributed by atoms with Crippen molar-refractivity contribution in [3.05, 3.63) is 68.9 Å². The van der Waals surface area contributed by atoms with Gasteiger partial charge in [0.05, 0.1) is 6.04 Å². The van der Waals surface area contributed by atoms with Crippen LogP contribution in [0.15, 0.2) is 34.8 Å². The highest BCUT2D eigenvalue weighted by Gasteiger charge is 2.21. The Balaban J connectivity index is 2.55. The van der Waals surface area contributed by atoms with Gasteiger partial charge < -0.3 is 5.32 Å². The minimum atomic E-state index is -1.18. The SMILES string of the molecule is CCNC(c1ccc(Br)cc1C)c1cc(F)c(F)cc1F. The summed E-state index contributed by atoms with van der Waals surface area (Å²) in [6.07, 6.45) is 0. The van der Waals surface area contributed by atoms with E-state index in [2.05, 4.69) is 21.2 Å². The lowest BCUT2D eigenvalue weighted by molar-refractivity contribution is 0.481. The van der Waals surface area contributed by atoms with E-state index >= 15 is 0 Å². The Morgan fingerprint density at radius 1 is 1.00 bits per heavy atom. The maximum Gasteiger partial charge on any atom is 0.161 e. The van der Waals surface area contributed by atoms with E-state index in [9.17, 15) is 13.2 Å². The van der Waals surface area contributed by atoms with Crippen molar-refractivity contribution in [1.29, 1.82) is 0 Å². The highest BCUT2D eigenvalue weighted by molar-refractivity contribution is 9.10. The molecule has 0 aliphatic rings. The van der Waals surface area contributed by atoms with Crippen LogP contribution in [-0.4, -0.2) is 6.54 Å². The normalized spacial score (nSPS) is 12.5. The summed E-state index contributed by atoms with van der Waals surface area (Å²) in [5.74, 6) is -3.00. The van der Waals surface area contributed by atoms with Crippen LogP contribution < -0.4 is 5.32 Å². The van der Waals surface area contributed by atoms with Crippen molar-refractivity contribution in [2.45, 2.75) is 19.9 Å². The van der Waals surface area contributed by atoms with Gasteiger partial charge in [0.1, 0.15) is 5.82 Å². The lowest BCUT2D eigenvalue weighted by Gasteiger charge is -2.22. The first-order chi connectivity index (χ1) is 9.93. The van der Waals surface area contributed by atoms with E-state index in [4.69, 9.17) is 0 Å². The van der Waals surface area contributed by atoms with Crippen LogP contribution in [0.4, 0.5) is 13.2 Å². The molecule has 0 bridgehead atoms. The summed E-state index contributed by atoms with van der Waals surface area (Å²) in [6, 6.07) is 6.55. The molecule has 5 heteroatoms. The molecule has 0 saturated carbocycles. The zero-order valence-electron chi connectivity index (χ0n) is 11.7. The molecule has 0 aliphatic carbocycles. The fraction of sp³-hybridized carbons (Fsp3) is 0.250. The fourth-order valence-corrected chi connectivity index (χ4v) is 2.79. The van der Waals surface area contributed by atoms with Crippen LogP contribution in [0.1, 0.15) is 29.7 Å². The average Bonchev–Trinajstić information content (AvgIpc) is 2.41. The molecule has 2 aromatic carbocycles. The third-order valence-electron chi connectivity index (χ3n) is 3.30. The number of hydrogen-bond donors (Lipinski definition) is 1. The zero-order valence-corrected chi connectivity index (χ0v) is 13.3. The third kappa shape index (κ3) is 3.47. The van der Waals surface area contributed by atoms with Crippen molar-refractivity contribution in [1.82, 2.24) is 5.32 Å². The van der Waals surface area contributed by atoms with Crippen LogP contribution in [0, 0.1) is 24.4 Å². The zero-order chi connectivity index (χ0) is 15.6. The fourth-order valence-electron chi connectivity index (χ4n) is 2.31. The van der Waals surface area contributed by atoms with E-state index in [1.165, 1.54) is 0 Å². The summed E-state index contributed by atoms with van der Waals surface area (Å²) in [5.41, 5.74) is 1.85. The van der Waals surface area contributed by atoms with E-state index in [1.807, 2.05) is 32.0 Å². The van der Waals surface area contributed by atoms with Crippen LogP contribution in [0.25, 0.3) is 0 Å². The smallest absolute Gasteiger partial charge is 0.161 e. The summed E-state index contributed by atoms with van der Waals surface area (Å²) < 4.78 is 41.5. The van der Waals surface area contributed by atoms with Crippen molar-refractivity contribution >= 4 is 15.9 Å². The lowest BCUT2D eigenvalue weighted by Crippen LogP contribution is -2.24. The number of rotatable bonds is 4. The molecule has 0 aliphatic heterocycles. The largest absolute Gasteiger partial charge is 0.306 e. The highest BCUT2D eigenvalue weighted by atomic mass is 79.9. The van der Waals surface area contributed by atoms with Crippen LogP contribution in [0.2, 0.25) is 0 Å². The van der Waals surface area contributed by atoms with Gasteiger partial charge in [-0.25, -0.2) is 13.2 Å². The van der Waals surface area contributed by atoms with Gasteiger partial charge in [-0.3, -0.25) is 0 Å². The minimum absolute atomic E-state index is 0.0983. The number of nitrogens with one attached hydrogen (secondary N) is 1. The van der Waals surface area contributed by atoms with Crippen molar-refractivity contribution in [3.63, 3.8) is 0 Å². The molecule has 1 nitrogen and oxygen atoms in total. The van der Waals surface area contributed by atoms with Gasteiger partial charge in [-0.1, -0.05) is 28.9 Å². The molecular formula is C16H15BrF3N. The second kappa shape index (κ2) is 6.62. The summed E-state index contributed by atoms with van der Waals surface area (Å²) in [4.78, 5) is 0. The van der Waals surface area contributed by atoms with Gasteiger partial charge in [0.2, 0.25) is 0 Å². The molecule has 0 aromatic heterocycles. The van der Waals surface area contributed by atoms with E-state index in [-0.39, 0.29) is 5.56 Å². The van der Waals surface area contributed by atoms with Crippen LogP contribution in [0.5, 0.6) is 0 Å². The van der Waals surface area contributed by atoms with Crippen molar-refractivity contribution < 1.29 is 13.2 Å². The van der Waals surface area contributed by atoms with E-state index in [1.54, 1.807) is 0 Å². The maximum absolute atomic E-state index is 14.0. The predicted molar refractivity (Wildman–Crippen MR) is 80.7 cm³/mol. The topological polar surface area (TPSA) is 12.0 Å². The van der Waals surface area contributed by atoms with E-state index < -0.39 is 23.5 Å². The third-order valence-corrected chi connectivity index (χ3v) is 3.79. The lowest BCUT2D eigenvalue weighted by atomic mass is 9.94. The molecule has 1 unspecified atom stereocenters. The summed E-state index contributed by atoms with van der Waals surface area (Å²) in [7, 11) is 0. The predicted octanol–water partition coefficient (Wildman–Crippen LogP) is 4.87. The van der Waals surface area contributed by atoms with Gasteiger partial charge in [-0.15, -0.1) is 0 Å². The molecule has 0 saturated heterocycles. The Labute approximate surface area is 130 Å². The molecule has 0 fully saturated rings. The molecule has 0 spiro atoms. The molecule has 112 valence electrons. The molecule has 21 heavy (non-hydrogen) atoms. The maximum atomic E-state index is 14.0. The summed E-state index contributed by atoms with van der Waals surface area (Å²) >= 11 is 3.37. The molecule has 0 amide bonds. The Hall–Kier alpha value is -1.33. The quantitative estimate of drug-likeness (QED) is 0.769.